The van der Waals surface area contributed by atoms with E-state index in [1.807, 2.05) is 6.92 Å². The molecule has 0 amide bonds. The molecular weight excluding hydrogens is 228 g/mol. The zero-order chi connectivity index (χ0) is 13.1. The van der Waals surface area contributed by atoms with Crippen molar-refractivity contribution >= 4 is 0 Å². The van der Waals surface area contributed by atoms with Crippen molar-refractivity contribution in [3.63, 3.8) is 0 Å². The van der Waals surface area contributed by atoms with Gasteiger partial charge in [0.05, 0.1) is 25.2 Å². The lowest BCUT2D eigenvalue weighted by Crippen LogP contribution is -2.59. The number of ether oxygens (including phenoxy) is 3. The summed E-state index contributed by atoms with van der Waals surface area (Å²) in [6.07, 6.45) is -0.258. The molecule has 0 aromatic carbocycles. The van der Waals surface area contributed by atoms with Crippen LogP contribution in [0.2, 0.25) is 0 Å². The van der Waals surface area contributed by atoms with Gasteiger partial charge >= 0.3 is 0 Å². The minimum absolute atomic E-state index is 0.157. The highest BCUT2D eigenvalue weighted by atomic mass is 16.7. The highest BCUT2D eigenvalue weighted by Gasteiger charge is 2.65. The number of hydrogen-bond donors (Lipinski definition) is 3. The van der Waals surface area contributed by atoms with E-state index in [1.165, 1.54) is 14.2 Å². The molecule has 0 radical (unpaired) electrons. The summed E-state index contributed by atoms with van der Waals surface area (Å²) in [5.41, 5.74) is -1.58. The third-order valence-corrected chi connectivity index (χ3v) is 3.57. The maximum absolute atomic E-state index is 10.4. The van der Waals surface area contributed by atoms with Crippen molar-refractivity contribution in [2.45, 2.75) is 30.8 Å². The fourth-order valence-electron chi connectivity index (χ4n) is 2.77. The van der Waals surface area contributed by atoms with Crippen molar-refractivity contribution in [1.82, 2.24) is 0 Å². The van der Waals surface area contributed by atoms with E-state index in [-0.39, 0.29) is 13.0 Å². The van der Waals surface area contributed by atoms with Crippen molar-refractivity contribution in [1.29, 1.82) is 0 Å². The smallest absolute Gasteiger partial charge is 0.206 e. The summed E-state index contributed by atoms with van der Waals surface area (Å²) in [6.45, 7) is 1.50. The third kappa shape index (κ3) is 2.09. The van der Waals surface area contributed by atoms with Gasteiger partial charge in [0, 0.05) is 27.2 Å². The molecular formula is C11H22O6. The predicted octanol–water partition coefficient (Wildman–Crippen LogP) is -0.884. The largest absolute Gasteiger partial charge is 0.396 e. The van der Waals surface area contributed by atoms with Gasteiger partial charge in [-0.15, -0.1) is 0 Å². The predicted molar refractivity (Wildman–Crippen MR) is 59.4 cm³/mol. The molecule has 1 saturated carbocycles. The molecule has 0 unspecified atom stereocenters. The van der Waals surface area contributed by atoms with Crippen LogP contribution in [0.5, 0.6) is 0 Å². The van der Waals surface area contributed by atoms with Crippen molar-refractivity contribution in [2.75, 3.05) is 34.0 Å². The first-order chi connectivity index (χ1) is 8.05. The summed E-state index contributed by atoms with van der Waals surface area (Å²) in [5, 5.41) is 29.2. The molecule has 1 rings (SSSR count). The molecule has 17 heavy (non-hydrogen) atoms. The number of hydrogen-bond acceptors (Lipinski definition) is 6. The Morgan fingerprint density at radius 2 is 1.82 bits per heavy atom. The Bertz CT molecular complexity index is 242. The molecule has 3 N–H and O–H groups in total. The fraction of sp³-hybridized carbons (Fsp3) is 1.00. The molecule has 1 fully saturated rings. The Hall–Kier alpha value is -0.240. The summed E-state index contributed by atoms with van der Waals surface area (Å²) in [4.78, 5) is 0. The van der Waals surface area contributed by atoms with Crippen molar-refractivity contribution in [3.8, 4) is 0 Å². The zero-order valence-corrected chi connectivity index (χ0v) is 10.5. The zero-order valence-electron chi connectivity index (χ0n) is 10.5. The summed E-state index contributed by atoms with van der Waals surface area (Å²) >= 11 is 0. The number of aliphatic hydroxyl groups excluding tert-OH is 2. The van der Waals surface area contributed by atoms with Gasteiger partial charge in [-0.05, 0) is 6.92 Å². The topological polar surface area (TPSA) is 88.4 Å². The first-order valence-electron chi connectivity index (χ1n) is 5.71. The van der Waals surface area contributed by atoms with Crippen molar-refractivity contribution in [3.05, 3.63) is 0 Å². The van der Waals surface area contributed by atoms with E-state index in [2.05, 4.69) is 0 Å². The van der Waals surface area contributed by atoms with Crippen LogP contribution >= 0.6 is 0 Å². The summed E-state index contributed by atoms with van der Waals surface area (Å²) in [7, 11) is 2.75. The molecule has 0 aliphatic heterocycles. The second-order valence-electron chi connectivity index (χ2n) is 4.25. The molecule has 1 aliphatic carbocycles. The molecule has 102 valence electrons. The van der Waals surface area contributed by atoms with Crippen LogP contribution in [0.1, 0.15) is 13.3 Å². The Morgan fingerprint density at radius 1 is 1.24 bits per heavy atom. The molecule has 0 saturated heterocycles. The van der Waals surface area contributed by atoms with E-state index in [1.54, 1.807) is 0 Å². The van der Waals surface area contributed by atoms with Gasteiger partial charge in [0.2, 0.25) is 5.79 Å². The van der Waals surface area contributed by atoms with Gasteiger partial charge in [0.15, 0.2) is 0 Å². The van der Waals surface area contributed by atoms with E-state index in [4.69, 9.17) is 14.2 Å². The lowest BCUT2D eigenvalue weighted by atomic mass is 9.92. The first-order valence-corrected chi connectivity index (χ1v) is 5.71. The molecule has 6 heteroatoms. The molecule has 3 atom stereocenters. The molecule has 6 nitrogen and oxygen atoms in total. The van der Waals surface area contributed by atoms with Gasteiger partial charge in [-0.2, -0.15) is 0 Å². The lowest BCUT2D eigenvalue weighted by Gasteiger charge is -2.41. The standard InChI is InChI=1S/C11H22O6/c1-4-17-9-5-10(14,7-13)11(15-2,16-3)8(9)6-12/h8-9,12-14H,4-7H2,1-3H3/t8-,9-,10-/m0/s1. The molecule has 1 aliphatic rings. The van der Waals surface area contributed by atoms with Crippen LogP contribution < -0.4 is 0 Å². The van der Waals surface area contributed by atoms with E-state index >= 15 is 0 Å². The minimum atomic E-state index is -1.58. The number of methoxy groups -OCH3 is 2. The molecule has 0 bridgehead atoms. The van der Waals surface area contributed by atoms with Crippen LogP contribution in [-0.4, -0.2) is 66.9 Å². The lowest BCUT2D eigenvalue weighted by molar-refractivity contribution is -0.317. The van der Waals surface area contributed by atoms with Gasteiger partial charge in [0.1, 0.15) is 5.60 Å². The molecule has 0 heterocycles. The van der Waals surface area contributed by atoms with Crippen LogP contribution in [0.15, 0.2) is 0 Å². The van der Waals surface area contributed by atoms with Gasteiger partial charge < -0.3 is 29.5 Å². The van der Waals surface area contributed by atoms with Crippen LogP contribution in [0, 0.1) is 5.92 Å². The maximum atomic E-state index is 10.4. The highest BCUT2D eigenvalue weighted by molar-refractivity contribution is 5.09. The average molecular weight is 250 g/mol. The summed E-state index contributed by atoms with van der Waals surface area (Å²) in [5.74, 6) is -1.99. The van der Waals surface area contributed by atoms with Crippen molar-refractivity contribution < 1.29 is 29.5 Å². The Kier molecular flexibility index (Phi) is 4.88. The SMILES string of the molecule is CCO[C@H]1C[C@](O)(CO)C(OC)(OC)[C@H]1CO. The summed E-state index contributed by atoms with van der Waals surface area (Å²) in [6, 6.07) is 0. The van der Waals surface area contributed by atoms with Gasteiger partial charge in [-0.3, -0.25) is 0 Å². The van der Waals surface area contributed by atoms with E-state index in [9.17, 15) is 15.3 Å². The molecule has 0 aromatic rings. The van der Waals surface area contributed by atoms with Crippen LogP contribution in [-0.2, 0) is 14.2 Å². The van der Waals surface area contributed by atoms with E-state index in [0.29, 0.717) is 6.61 Å². The monoisotopic (exact) mass is 250 g/mol. The quantitative estimate of drug-likeness (QED) is 0.530. The Balaban J connectivity index is 3.10. The maximum Gasteiger partial charge on any atom is 0.206 e. The second kappa shape index (κ2) is 5.60. The number of rotatable bonds is 6. The minimum Gasteiger partial charge on any atom is -0.396 e. The third-order valence-electron chi connectivity index (χ3n) is 3.57. The number of aliphatic hydroxyl groups is 3. The summed E-state index contributed by atoms with van der Waals surface area (Å²) < 4.78 is 16.0. The normalized spacial score (nSPS) is 36.4. The second-order valence-corrected chi connectivity index (χ2v) is 4.25. The average Bonchev–Trinajstić information content (AvgIpc) is 2.59. The van der Waals surface area contributed by atoms with Crippen LogP contribution in [0.3, 0.4) is 0 Å². The van der Waals surface area contributed by atoms with E-state index < -0.39 is 30.0 Å². The highest BCUT2D eigenvalue weighted by Crippen LogP contribution is 2.47. The Labute approximate surface area is 101 Å². The fourth-order valence-corrected chi connectivity index (χ4v) is 2.77. The molecule has 0 spiro atoms. The van der Waals surface area contributed by atoms with Crippen LogP contribution in [0.25, 0.3) is 0 Å². The van der Waals surface area contributed by atoms with Crippen molar-refractivity contribution in [2.24, 2.45) is 5.92 Å². The first kappa shape index (κ1) is 14.8. The Morgan fingerprint density at radius 3 is 2.18 bits per heavy atom. The van der Waals surface area contributed by atoms with Gasteiger partial charge in [-0.1, -0.05) is 0 Å². The van der Waals surface area contributed by atoms with Gasteiger partial charge in [-0.25, -0.2) is 0 Å². The van der Waals surface area contributed by atoms with Crippen LogP contribution in [0.4, 0.5) is 0 Å². The molecule has 0 aromatic heterocycles. The van der Waals surface area contributed by atoms with E-state index in [0.717, 1.165) is 0 Å². The van der Waals surface area contributed by atoms with Gasteiger partial charge in [0.25, 0.3) is 0 Å².